The number of carbonyl (C=O) groups excluding carboxylic acids is 1. The third-order valence-corrected chi connectivity index (χ3v) is 5.35. The molecule has 1 amide bonds. The highest BCUT2D eigenvalue weighted by Gasteiger charge is 2.29. The first-order valence-electron chi connectivity index (χ1n) is 8.52. The number of amides is 1. The summed E-state index contributed by atoms with van der Waals surface area (Å²) < 4.78 is 11.4. The summed E-state index contributed by atoms with van der Waals surface area (Å²) in [6.45, 7) is 2.52. The van der Waals surface area contributed by atoms with Crippen molar-refractivity contribution in [3.05, 3.63) is 64.1 Å². The van der Waals surface area contributed by atoms with Crippen LogP contribution in [0, 0.1) is 6.92 Å². The number of ether oxygens (including phenoxy) is 2. The number of likely N-dealkylation sites (N-methyl/N-ethyl adjacent to an activating group) is 1. The van der Waals surface area contributed by atoms with E-state index < -0.39 is 0 Å². The standard InChI is InChI=1S/C21H22N2O3S/c1-14-5-7-15(8-6-14)13-26-17-10-9-16(11-18(17)25-4)12-19-20(24)23(3)21(22-2)27-19/h5-12H,13H2,1-4H3/b19-12-,22-21?. The molecule has 2 aromatic carbocycles. The molecular formula is C21H22N2O3S. The Morgan fingerprint density at radius 1 is 1.15 bits per heavy atom. The number of methoxy groups -OCH3 is 1. The second-order valence-corrected chi connectivity index (χ2v) is 7.17. The van der Waals surface area contributed by atoms with Crippen LogP contribution in [0.4, 0.5) is 0 Å². The lowest BCUT2D eigenvalue weighted by atomic mass is 10.1. The molecule has 3 rings (SSSR count). The van der Waals surface area contributed by atoms with Gasteiger partial charge in [0.1, 0.15) is 6.61 Å². The quantitative estimate of drug-likeness (QED) is 0.730. The van der Waals surface area contributed by atoms with Crippen LogP contribution in [0.1, 0.15) is 16.7 Å². The number of carbonyl (C=O) groups is 1. The van der Waals surface area contributed by atoms with Crippen LogP contribution in [0.15, 0.2) is 52.4 Å². The van der Waals surface area contributed by atoms with Crippen LogP contribution in [0.25, 0.3) is 6.08 Å². The Balaban J connectivity index is 1.77. The molecule has 1 fully saturated rings. The normalized spacial score (nSPS) is 17.0. The molecule has 0 saturated carbocycles. The molecule has 0 bridgehead atoms. The second kappa shape index (κ2) is 8.31. The number of benzene rings is 2. The van der Waals surface area contributed by atoms with Crippen molar-refractivity contribution in [1.82, 2.24) is 4.90 Å². The molecule has 0 spiro atoms. The Kier molecular flexibility index (Phi) is 5.86. The molecule has 5 nitrogen and oxygen atoms in total. The highest BCUT2D eigenvalue weighted by Crippen LogP contribution is 2.34. The largest absolute Gasteiger partial charge is 0.493 e. The number of aliphatic imine (C=N–C) groups is 1. The van der Waals surface area contributed by atoms with Crippen molar-refractivity contribution in [3.8, 4) is 11.5 Å². The van der Waals surface area contributed by atoms with Crippen molar-refractivity contribution in [3.63, 3.8) is 0 Å². The minimum absolute atomic E-state index is 0.0562. The lowest BCUT2D eigenvalue weighted by molar-refractivity contribution is -0.121. The van der Waals surface area contributed by atoms with Crippen LogP contribution >= 0.6 is 11.8 Å². The van der Waals surface area contributed by atoms with Crippen molar-refractivity contribution >= 4 is 28.9 Å². The molecule has 1 heterocycles. The smallest absolute Gasteiger partial charge is 0.266 e. The Labute approximate surface area is 163 Å². The van der Waals surface area contributed by atoms with Gasteiger partial charge in [0, 0.05) is 14.1 Å². The summed E-state index contributed by atoms with van der Waals surface area (Å²) >= 11 is 1.36. The number of hydrogen-bond donors (Lipinski definition) is 0. The van der Waals surface area contributed by atoms with E-state index in [4.69, 9.17) is 9.47 Å². The molecule has 0 atom stereocenters. The Morgan fingerprint density at radius 3 is 2.52 bits per heavy atom. The summed E-state index contributed by atoms with van der Waals surface area (Å²) in [5.41, 5.74) is 3.18. The van der Waals surface area contributed by atoms with Gasteiger partial charge < -0.3 is 9.47 Å². The molecule has 2 aromatic rings. The topological polar surface area (TPSA) is 51.1 Å². The second-order valence-electron chi connectivity index (χ2n) is 6.17. The zero-order valence-corrected chi connectivity index (χ0v) is 16.7. The SMILES string of the molecule is CN=C1S/C(=C\c2ccc(OCc3ccc(C)cc3)c(OC)c2)C(=O)N1C. The third-order valence-electron chi connectivity index (χ3n) is 4.20. The highest BCUT2D eigenvalue weighted by molar-refractivity contribution is 8.18. The van der Waals surface area contributed by atoms with E-state index in [0.29, 0.717) is 28.2 Å². The third kappa shape index (κ3) is 4.34. The number of thioether (sulfide) groups is 1. The van der Waals surface area contributed by atoms with E-state index in [1.807, 2.05) is 36.4 Å². The fourth-order valence-corrected chi connectivity index (χ4v) is 3.57. The molecule has 1 aliphatic rings. The van der Waals surface area contributed by atoms with E-state index in [-0.39, 0.29) is 5.91 Å². The minimum Gasteiger partial charge on any atom is -0.493 e. The zero-order valence-electron chi connectivity index (χ0n) is 15.9. The summed E-state index contributed by atoms with van der Waals surface area (Å²) in [5, 5.41) is 0.691. The summed E-state index contributed by atoms with van der Waals surface area (Å²) in [4.78, 5) is 18.6. The average molecular weight is 382 g/mol. The number of aryl methyl sites for hydroxylation is 1. The van der Waals surface area contributed by atoms with Crippen LogP contribution in [0.2, 0.25) is 0 Å². The van der Waals surface area contributed by atoms with Gasteiger partial charge in [-0.1, -0.05) is 35.9 Å². The van der Waals surface area contributed by atoms with Gasteiger partial charge in [-0.15, -0.1) is 0 Å². The van der Waals surface area contributed by atoms with Crippen LogP contribution in [0.5, 0.6) is 11.5 Å². The van der Waals surface area contributed by atoms with Crippen molar-refractivity contribution in [2.45, 2.75) is 13.5 Å². The Hall–Kier alpha value is -2.73. The van der Waals surface area contributed by atoms with Crippen molar-refractivity contribution < 1.29 is 14.3 Å². The number of hydrogen-bond acceptors (Lipinski definition) is 5. The maximum absolute atomic E-state index is 12.3. The maximum Gasteiger partial charge on any atom is 0.266 e. The average Bonchev–Trinajstić information content (AvgIpc) is 2.96. The molecule has 6 heteroatoms. The van der Waals surface area contributed by atoms with Gasteiger partial charge in [-0.3, -0.25) is 14.7 Å². The summed E-state index contributed by atoms with van der Waals surface area (Å²) in [5.74, 6) is 1.24. The van der Waals surface area contributed by atoms with Gasteiger partial charge in [-0.2, -0.15) is 0 Å². The fourth-order valence-electron chi connectivity index (χ4n) is 2.64. The van der Waals surface area contributed by atoms with E-state index in [9.17, 15) is 4.79 Å². The summed E-state index contributed by atoms with van der Waals surface area (Å²) in [6, 6.07) is 13.9. The monoisotopic (exact) mass is 382 g/mol. The lowest BCUT2D eigenvalue weighted by Gasteiger charge is -2.12. The van der Waals surface area contributed by atoms with E-state index >= 15 is 0 Å². The van der Waals surface area contributed by atoms with E-state index in [1.54, 1.807) is 26.1 Å². The van der Waals surface area contributed by atoms with Crippen LogP contribution in [0.3, 0.4) is 0 Å². The fraction of sp³-hybridized carbons (Fsp3) is 0.238. The molecule has 140 valence electrons. The van der Waals surface area contributed by atoms with Crippen molar-refractivity contribution in [2.75, 3.05) is 21.2 Å². The molecular weight excluding hydrogens is 360 g/mol. The maximum atomic E-state index is 12.3. The molecule has 1 aliphatic heterocycles. The van der Waals surface area contributed by atoms with E-state index in [2.05, 4.69) is 24.0 Å². The molecule has 0 aromatic heterocycles. The van der Waals surface area contributed by atoms with Gasteiger partial charge in [-0.25, -0.2) is 0 Å². The molecule has 0 aliphatic carbocycles. The van der Waals surface area contributed by atoms with Crippen LogP contribution < -0.4 is 9.47 Å². The summed E-state index contributed by atoms with van der Waals surface area (Å²) in [7, 11) is 5.01. The number of nitrogens with zero attached hydrogens (tertiary/aromatic N) is 2. The first-order chi connectivity index (χ1) is 13.0. The lowest BCUT2D eigenvalue weighted by Crippen LogP contribution is -2.23. The van der Waals surface area contributed by atoms with Crippen molar-refractivity contribution in [1.29, 1.82) is 0 Å². The minimum atomic E-state index is -0.0562. The zero-order chi connectivity index (χ0) is 19.4. The predicted octanol–water partition coefficient (Wildman–Crippen LogP) is 4.11. The molecule has 27 heavy (non-hydrogen) atoms. The van der Waals surface area contributed by atoms with E-state index in [0.717, 1.165) is 11.1 Å². The molecule has 0 radical (unpaired) electrons. The van der Waals surface area contributed by atoms with Crippen molar-refractivity contribution in [2.24, 2.45) is 4.99 Å². The van der Waals surface area contributed by atoms with Gasteiger partial charge in [0.2, 0.25) is 0 Å². The highest BCUT2D eigenvalue weighted by atomic mass is 32.2. The van der Waals surface area contributed by atoms with Gasteiger partial charge >= 0.3 is 0 Å². The van der Waals surface area contributed by atoms with E-state index in [1.165, 1.54) is 17.3 Å². The Bertz CT molecular complexity index is 904. The van der Waals surface area contributed by atoms with Crippen LogP contribution in [-0.2, 0) is 11.4 Å². The molecule has 0 N–H and O–H groups in total. The van der Waals surface area contributed by atoms with Gasteiger partial charge in [0.05, 0.1) is 12.0 Å². The van der Waals surface area contributed by atoms with Gasteiger partial charge in [0.25, 0.3) is 5.91 Å². The molecule has 0 unspecified atom stereocenters. The van der Waals surface area contributed by atoms with Crippen LogP contribution in [-0.4, -0.2) is 37.2 Å². The Morgan fingerprint density at radius 2 is 1.89 bits per heavy atom. The molecule has 1 saturated heterocycles. The number of rotatable bonds is 5. The van der Waals surface area contributed by atoms with Gasteiger partial charge in [0.15, 0.2) is 16.7 Å². The first-order valence-corrected chi connectivity index (χ1v) is 9.34. The predicted molar refractivity (Wildman–Crippen MR) is 110 cm³/mol. The summed E-state index contributed by atoms with van der Waals surface area (Å²) in [6.07, 6.45) is 1.84. The first kappa shape index (κ1) is 19.0. The van der Waals surface area contributed by atoms with Gasteiger partial charge in [-0.05, 0) is 48.0 Å². The number of amidine groups is 1.